The first-order valence-corrected chi connectivity index (χ1v) is 8.42. The maximum absolute atomic E-state index is 11.8. The van der Waals surface area contributed by atoms with Crippen molar-refractivity contribution in [3.63, 3.8) is 0 Å². The van der Waals surface area contributed by atoms with Crippen molar-refractivity contribution in [2.24, 2.45) is 11.1 Å². The number of fused-ring (bicyclic) bond motifs is 1. The molecule has 1 amide bonds. The van der Waals surface area contributed by atoms with Crippen molar-refractivity contribution in [3.8, 4) is 6.07 Å². The van der Waals surface area contributed by atoms with E-state index in [9.17, 15) is 14.7 Å². The van der Waals surface area contributed by atoms with E-state index >= 15 is 0 Å². The molecule has 132 valence electrons. The minimum absolute atomic E-state index is 0.217. The van der Waals surface area contributed by atoms with Crippen LogP contribution in [0.25, 0.3) is 5.57 Å². The molecule has 8 nitrogen and oxygen atoms in total. The van der Waals surface area contributed by atoms with Gasteiger partial charge in [0, 0.05) is 0 Å². The first-order valence-electron chi connectivity index (χ1n) is 7.48. The molecule has 3 rings (SSSR count). The largest absolute Gasteiger partial charge is 0.510 e. The van der Waals surface area contributed by atoms with E-state index in [-0.39, 0.29) is 16.7 Å². The van der Waals surface area contributed by atoms with Crippen LogP contribution in [-0.4, -0.2) is 40.3 Å². The second kappa shape index (κ2) is 7.33. The zero-order chi connectivity index (χ0) is 18.7. The number of carbonyl (C=O) groups is 2. The number of carboxylic acids is 1. The normalized spacial score (nSPS) is 21.8. The molecule has 0 saturated carbocycles. The molecule has 0 bridgehead atoms. The maximum Gasteiger partial charge on any atom is 0.344 e. The van der Waals surface area contributed by atoms with Gasteiger partial charge in [-0.25, -0.2) is 4.79 Å². The number of carboxylic acid groups (broad SMARTS) is 1. The van der Waals surface area contributed by atoms with Gasteiger partial charge in [0.2, 0.25) is 6.61 Å². The van der Waals surface area contributed by atoms with Gasteiger partial charge in [-0.1, -0.05) is 29.4 Å². The van der Waals surface area contributed by atoms with Crippen molar-refractivity contribution in [2.45, 2.75) is 5.37 Å². The summed E-state index contributed by atoms with van der Waals surface area (Å²) in [6, 6.07) is 8.88. The Balaban J connectivity index is 1.78. The van der Waals surface area contributed by atoms with Gasteiger partial charge in [0.1, 0.15) is 11.8 Å². The Hall–Kier alpha value is -3.25. The van der Waals surface area contributed by atoms with Crippen molar-refractivity contribution in [3.05, 3.63) is 52.1 Å². The van der Waals surface area contributed by atoms with E-state index in [4.69, 9.17) is 10.4 Å². The zero-order valence-electron chi connectivity index (χ0n) is 13.2. The molecule has 0 radical (unpaired) electrons. The Morgan fingerprint density at radius 3 is 2.81 bits per heavy atom. The molecular formula is C17H13N3O5S. The second-order valence-corrected chi connectivity index (χ2v) is 6.49. The summed E-state index contributed by atoms with van der Waals surface area (Å²) in [5.74, 6) is -2.38. The van der Waals surface area contributed by atoms with Gasteiger partial charge in [0.05, 0.1) is 17.5 Å². The first-order chi connectivity index (χ1) is 12.5. The minimum atomic E-state index is -1.11. The molecule has 2 aliphatic rings. The Morgan fingerprint density at radius 1 is 1.42 bits per heavy atom. The lowest BCUT2D eigenvalue weighted by Gasteiger charge is -2.27. The summed E-state index contributed by atoms with van der Waals surface area (Å²) >= 11 is 1.37. The lowest BCUT2D eigenvalue weighted by Crippen LogP contribution is -2.43. The maximum atomic E-state index is 11.8. The molecule has 0 aromatic heterocycles. The summed E-state index contributed by atoms with van der Waals surface area (Å²) in [4.78, 5) is 26.7. The fourth-order valence-electron chi connectivity index (χ4n) is 2.65. The molecule has 1 aromatic rings. The number of benzene rings is 1. The highest BCUT2D eigenvalue weighted by molar-refractivity contribution is 8.03. The Bertz CT molecular complexity index is 883. The molecule has 3 N–H and O–H groups in total. The first kappa shape index (κ1) is 17.6. The molecule has 9 heteroatoms. The van der Waals surface area contributed by atoms with Gasteiger partial charge >= 0.3 is 5.97 Å². The lowest BCUT2D eigenvalue weighted by molar-refractivity contribution is -0.142. The highest BCUT2D eigenvalue weighted by Crippen LogP contribution is 2.45. The number of hydrogen-bond donors (Lipinski definition) is 3. The van der Waals surface area contributed by atoms with Gasteiger partial charge in [-0.05, 0) is 22.1 Å². The van der Waals surface area contributed by atoms with Crippen LogP contribution in [0.3, 0.4) is 0 Å². The van der Waals surface area contributed by atoms with Crippen molar-refractivity contribution < 1.29 is 24.6 Å². The van der Waals surface area contributed by atoms with Crippen molar-refractivity contribution in [1.82, 2.24) is 5.32 Å². The standard InChI is InChI=1S/C17H13N3O5S/c18-5-11-15(23)14-12(8-26-17(14)20-16(11)24)10-3-1-9(2-4-10)6-19-25-7-13(21)22/h1-4,6,8,14,17,23H,7H2,(H,20,24)(H,21,22). The van der Waals surface area contributed by atoms with Crippen LogP contribution in [0.4, 0.5) is 0 Å². The average Bonchev–Trinajstić information content (AvgIpc) is 3.03. The number of aliphatic hydroxyl groups excluding tert-OH is 1. The fourth-order valence-corrected chi connectivity index (χ4v) is 3.83. The molecule has 2 aliphatic heterocycles. The van der Waals surface area contributed by atoms with E-state index in [0.29, 0.717) is 5.56 Å². The number of oxime groups is 1. The van der Waals surface area contributed by atoms with E-state index in [2.05, 4.69) is 15.3 Å². The SMILES string of the molecule is N#CC1=C(O)C2C(c3ccc(C=NOCC(=O)O)cc3)=CSC2NC1=O. The summed E-state index contributed by atoms with van der Waals surface area (Å²) in [7, 11) is 0. The van der Waals surface area contributed by atoms with Gasteiger partial charge in [-0.3, -0.25) is 4.79 Å². The molecule has 1 aromatic carbocycles. The summed E-state index contributed by atoms with van der Waals surface area (Å²) in [5.41, 5.74) is 2.07. The summed E-state index contributed by atoms with van der Waals surface area (Å²) in [6.45, 7) is -0.514. The topological polar surface area (TPSA) is 132 Å². The van der Waals surface area contributed by atoms with Gasteiger partial charge in [0.15, 0.2) is 5.57 Å². The summed E-state index contributed by atoms with van der Waals surface area (Å²) < 4.78 is 0. The van der Waals surface area contributed by atoms with Gasteiger partial charge in [0.25, 0.3) is 5.91 Å². The number of nitrogens with one attached hydrogen (secondary N) is 1. The number of carbonyl (C=O) groups excluding carboxylic acids is 1. The van der Waals surface area contributed by atoms with Crippen LogP contribution in [0.1, 0.15) is 11.1 Å². The van der Waals surface area contributed by atoms with Gasteiger partial charge in [-0.2, -0.15) is 5.26 Å². The smallest absolute Gasteiger partial charge is 0.344 e. The number of rotatable bonds is 5. The number of amides is 1. The number of hydrogen-bond acceptors (Lipinski definition) is 7. The number of aliphatic carboxylic acids is 1. The van der Waals surface area contributed by atoms with Crippen LogP contribution in [0.2, 0.25) is 0 Å². The monoisotopic (exact) mass is 371 g/mol. The van der Waals surface area contributed by atoms with E-state index in [1.165, 1.54) is 18.0 Å². The molecule has 2 atom stereocenters. The summed E-state index contributed by atoms with van der Waals surface area (Å²) in [6.07, 6.45) is 1.39. The van der Waals surface area contributed by atoms with E-state index in [1.807, 2.05) is 17.5 Å². The van der Waals surface area contributed by atoms with Crippen molar-refractivity contribution >= 4 is 35.4 Å². The second-order valence-electron chi connectivity index (χ2n) is 5.48. The summed E-state index contributed by atoms with van der Waals surface area (Å²) in [5, 5.41) is 35.6. The molecule has 0 saturated heterocycles. The van der Waals surface area contributed by atoms with E-state index in [0.717, 1.165) is 11.1 Å². The van der Waals surface area contributed by atoms with Crippen molar-refractivity contribution in [1.29, 1.82) is 5.26 Å². The molecule has 2 unspecified atom stereocenters. The molecule has 26 heavy (non-hydrogen) atoms. The number of thioether (sulfide) groups is 1. The number of aliphatic hydroxyl groups is 1. The molecular weight excluding hydrogens is 358 g/mol. The Labute approximate surface area is 152 Å². The molecule has 0 fully saturated rings. The quantitative estimate of drug-likeness (QED) is 0.529. The highest BCUT2D eigenvalue weighted by Gasteiger charge is 2.42. The van der Waals surface area contributed by atoms with Crippen LogP contribution >= 0.6 is 11.8 Å². The van der Waals surface area contributed by atoms with Crippen LogP contribution in [0.5, 0.6) is 0 Å². The van der Waals surface area contributed by atoms with Crippen LogP contribution in [0, 0.1) is 17.2 Å². The predicted octanol–water partition coefficient (Wildman–Crippen LogP) is 1.62. The lowest BCUT2D eigenvalue weighted by atomic mass is 9.87. The van der Waals surface area contributed by atoms with E-state index < -0.39 is 24.4 Å². The Morgan fingerprint density at radius 2 is 2.15 bits per heavy atom. The number of nitrogens with zero attached hydrogens (tertiary/aromatic N) is 2. The molecule has 0 spiro atoms. The third-order valence-corrected chi connectivity index (χ3v) is 4.92. The fraction of sp³-hybridized carbons (Fsp3) is 0.176. The van der Waals surface area contributed by atoms with Crippen LogP contribution in [0.15, 0.2) is 46.2 Å². The zero-order valence-corrected chi connectivity index (χ0v) is 14.1. The van der Waals surface area contributed by atoms with Crippen LogP contribution in [-0.2, 0) is 14.4 Å². The third-order valence-electron chi connectivity index (χ3n) is 3.85. The third kappa shape index (κ3) is 3.41. The van der Waals surface area contributed by atoms with E-state index in [1.54, 1.807) is 18.2 Å². The average molecular weight is 371 g/mol. The predicted molar refractivity (Wildman–Crippen MR) is 93.9 cm³/mol. The van der Waals surface area contributed by atoms with Gasteiger partial charge in [-0.15, -0.1) is 11.8 Å². The van der Waals surface area contributed by atoms with Crippen molar-refractivity contribution in [2.75, 3.05) is 6.61 Å². The van der Waals surface area contributed by atoms with Crippen LogP contribution < -0.4 is 5.32 Å². The minimum Gasteiger partial charge on any atom is -0.510 e. The highest BCUT2D eigenvalue weighted by atomic mass is 32.2. The molecule has 2 heterocycles. The number of nitriles is 1. The molecule has 0 aliphatic carbocycles. The Kier molecular flexibility index (Phi) is 4.95. The van der Waals surface area contributed by atoms with Gasteiger partial charge < -0.3 is 20.4 Å².